The van der Waals surface area contributed by atoms with Crippen molar-refractivity contribution in [1.82, 2.24) is 0 Å². The molecule has 0 aromatic heterocycles. The molecule has 0 unspecified atom stereocenters. The lowest BCUT2D eigenvalue weighted by Crippen LogP contribution is -2.24. The lowest BCUT2D eigenvalue weighted by Gasteiger charge is -2.20. The summed E-state index contributed by atoms with van der Waals surface area (Å²) in [5, 5.41) is 13.4. The van der Waals surface area contributed by atoms with E-state index in [1.165, 1.54) is 18.6 Å². The molecule has 96 valence electrons. The number of carbonyl (C=O) groups is 1. The highest BCUT2D eigenvalue weighted by atomic mass is 16.6. The topological polar surface area (TPSA) is 72.2 Å². The standard InChI is InChI=1S/C13H16N2O3/c16-13(10-5-2-1-3-6-10)14-11-7-4-8-12(9-11)15(17)18/h4,7-10H,1-3,5-6H2,(H,14,16). The van der Waals surface area contributed by atoms with Gasteiger partial charge in [0.15, 0.2) is 0 Å². The third-order valence-electron chi connectivity index (χ3n) is 3.30. The Morgan fingerprint density at radius 2 is 2.00 bits per heavy atom. The maximum Gasteiger partial charge on any atom is 0.271 e. The Bertz CT molecular complexity index is 453. The molecule has 0 aliphatic heterocycles. The highest BCUT2D eigenvalue weighted by molar-refractivity contribution is 5.92. The molecule has 1 aromatic rings. The highest BCUT2D eigenvalue weighted by Crippen LogP contribution is 2.25. The Hall–Kier alpha value is -1.91. The average Bonchev–Trinajstić information content (AvgIpc) is 2.40. The lowest BCUT2D eigenvalue weighted by atomic mass is 9.88. The van der Waals surface area contributed by atoms with Gasteiger partial charge in [-0.05, 0) is 18.9 Å². The molecule has 0 atom stereocenters. The Balaban J connectivity index is 2.02. The Morgan fingerprint density at radius 1 is 1.28 bits per heavy atom. The molecule has 1 N–H and O–H groups in total. The lowest BCUT2D eigenvalue weighted by molar-refractivity contribution is -0.384. The van der Waals surface area contributed by atoms with E-state index in [9.17, 15) is 14.9 Å². The zero-order valence-electron chi connectivity index (χ0n) is 10.1. The summed E-state index contributed by atoms with van der Waals surface area (Å²) in [5.41, 5.74) is 0.496. The number of nitro benzene ring substituents is 1. The second-order valence-corrected chi connectivity index (χ2v) is 4.63. The predicted molar refractivity (Wildman–Crippen MR) is 68.3 cm³/mol. The molecule has 18 heavy (non-hydrogen) atoms. The third-order valence-corrected chi connectivity index (χ3v) is 3.30. The number of nitrogens with one attached hydrogen (secondary N) is 1. The van der Waals surface area contributed by atoms with Gasteiger partial charge in [0.2, 0.25) is 5.91 Å². The summed E-state index contributed by atoms with van der Waals surface area (Å²) in [4.78, 5) is 22.1. The van der Waals surface area contributed by atoms with Gasteiger partial charge in [-0.2, -0.15) is 0 Å². The molecule has 0 heterocycles. The fourth-order valence-corrected chi connectivity index (χ4v) is 2.31. The molecule has 1 fully saturated rings. The fourth-order valence-electron chi connectivity index (χ4n) is 2.31. The largest absolute Gasteiger partial charge is 0.326 e. The number of nitro groups is 1. The first-order valence-electron chi connectivity index (χ1n) is 6.22. The van der Waals surface area contributed by atoms with Gasteiger partial charge in [-0.25, -0.2) is 0 Å². The molecule has 2 rings (SSSR count). The maximum absolute atomic E-state index is 12.0. The van der Waals surface area contributed by atoms with Gasteiger partial charge in [-0.3, -0.25) is 14.9 Å². The van der Waals surface area contributed by atoms with Crippen molar-refractivity contribution in [3.8, 4) is 0 Å². The number of carbonyl (C=O) groups excluding carboxylic acids is 1. The molecule has 1 amide bonds. The van der Waals surface area contributed by atoms with Crippen LogP contribution in [0.2, 0.25) is 0 Å². The Kier molecular flexibility index (Phi) is 3.92. The van der Waals surface area contributed by atoms with E-state index in [1.54, 1.807) is 12.1 Å². The summed E-state index contributed by atoms with van der Waals surface area (Å²) in [7, 11) is 0. The maximum atomic E-state index is 12.0. The number of amides is 1. The molecule has 1 saturated carbocycles. The van der Waals surface area contributed by atoms with Gasteiger partial charge < -0.3 is 5.32 Å². The number of benzene rings is 1. The van der Waals surface area contributed by atoms with Gasteiger partial charge in [0.1, 0.15) is 0 Å². The SMILES string of the molecule is O=C(Nc1cccc([N+](=O)[O-])c1)C1CCCCC1. The van der Waals surface area contributed by atoms with E-state index in [0.717, 1.165) is 25.7 Å². The van der Waals surface area contributed by atoms with E-state index >= 15 is 0 Å². The fraction of sp³-hybridized carbons (Fsp3) is 0.462. The molecule has 5 heteroatoms. The zero-order valence-corrected chi connectivity index (χ0v) is 10.1. The molecule has 0 bridgehead atoms. The molecule has 1 aliphatic carbocycles. The predicted octanol–water partition coefficient (Wildman–Crippen LogP) is 3.11. The van der Waals surface area contributed by atoms with Crippen molar-refractivity contribution in [2.24, 2.45) is 5.92 Å². The van der Waals surface area contributed by atoms with Crippen molar-refractivity contribution in [2.75, 3.05) is 5.32 Å². The van der Waals surface area contributed by atoms with Crippen LogP contribution in [0.25, 0.3) is 0 Å². The van der Waals surface area contributed by atoms with E-state index in [2.05, 4.69) is 5.32 Å². The highest BCUT2D eigenvalue weighted by Gasteiger charge is 2.21. The smallest absolute Gasteiger partial charge is 0.271 e. The second kappa shape index (κ2) is 5.62. The van der Waals surface area contributed by atoms with Gasteiger partial charge in [-0.1, -0.05) is 25.3 Å². The van der Waals surface area contributed by atoms with Crippen LogP contribution in [0.5, 0.6) is 0 Å². The summed E-state index contributed by atoms with van der Waals surface area (Å²) in [5.74, 6) is 0.0354. The summed E-state index contributed by atoms with van der Waals surface area (Å²) < 4.78 is 0. The number of hydrogen-bond donors (Lipinski definition) is 1. The minimum atomic E-state index is -0.462. The molecule has 1 aliphatic rings. The summed E-state index contributed by atoms with van der Waals surface area (Å²) in [6.07, 6.45) is 5.21. The molecular weight excluding hydrogens is 232 g/mol. The van der Waals surface area contributed by atoms with Crippen LogP contribution >= 0.6 is 0 Å². The molecule has 0 spiro atoms. The monoisotopic (exact) mass is 248 g/mol. The van der Waals surface area contributed by atoms with Crippen LogP contribution in [0.3, 0.4) is 0 Å². The third kappa shape index (κ3) is 3.06. The molecule has 5 nitrogen and oxygen atoms in total. The molecule has 0 radical (unpaired) electrons. The van der Waals surface area contributed by atoms with Gasteiger partial charge in [-0.15, -0.1) is 0 Å². The summed E-state index contributed by atoms with van der Waals surface area (Å²) in [6.45, 7) is 0. The van der Waals surface area contributed by atoms with E-state index < -0.39 is 4.92 Å². The van der Waals surface area contributed by atoms with Crippen molar-refractivity contribution >= 4 is 17.3 Å². The number of anilines is 1. The summed E-state index contributed by atoms with van der Waals surface area (Å²) in [6, 6.07) is 6.05. The first-order valence-corrected chi connectivity index (χ1v) is 6.22. The van der Waals surface area contributed by atoms with Crippen molar-refractivity contribution in [1.29, 1.82) is 0 Å². The van der Waals surface area contributed by atoms with Crippen LogP contribution in [-0.4, -0.2) is 10.8 Å². The minimum absolute atomic E-state index is 0.00329. The average molecular weight is 248 g/mol. The molecule has 0 saturated heterocycles. The van der Waals surface area contributed by atoms with Crippen molar-refractivity contribution in [2.45, 2.75) is 32.1 Å². The van der Waals surface area contributed by atoms with Crippen molar-refractivity contribution in [3.05, 3.63) is 34.4 Å². The van der Waals surface area contributed by atoms with Gasteiger partial charge >= 0.3 is 0 Å². The van der Waals surface area contributed by atoms with Gasteiger partial charge in [0, 0.05) is 23.7 Å². The number of nitrogens with zero attached hydrogens (tertiary/aromatic N) is 1. The second-order valence-electron chi connectivity index (χ2n) is 4.63. The van der Waals surface area contributed by atoms with E-state index in [1.807, 2.05) is 0 Å². The van der Waals surface area contributed by atoms with E-state index in [0.29, 0.717) is 5.69 Å². The van der Waals surface area contributed by atoms with Crippen molar-refractivity contribution in [3.63, 3.8) is 0 Å². The van der Waals surface area contributed by atoms with E-state index in [-0.39, 0.29) is 17.5 Å². The van der Waals surface area contributed by atoms with Gasteiger partial charge in [0.05, 0.1) is 4.92 Å². The Morgan fingerprint density at radius 3 is 2.67 bits per heavy atom. The van der Waals surface area contributed by atoms with E-state index in [4.69, 9.17) is 0 Å². The van der Waals surface area contributed by atoms with Crippen LogP contribution in [0, 0.1) is 16.0 Å². The van der Waals surface area contributed by atoms with Crippen LogP contribution in [-0.2, 0) is 4.79 Å². The quantitative estimate of drug-likeness (QED) is 0.659. The Labute approximate surface area is 105 Å². The number of non-ortho nitro benzene ring substituents is 1. The number of hydrogen-bond acceptors (Lipinski definition) is 3. The normalized spacial score (nSPS) is 16.2. The van der Waals surface area contributed by atoms with Crippen LogP contribution in [0.4, 0.5) is 11.4 Å². The zero-order chi connectivity index (χ0) is 13.0. The van der Waals surface area contributed by atoms with Crippen LogP contribution in [0.15, 0.2) is 24.3 Å². The molecule has 1 aromatic carbocycles. The van der Waals surface area contributed by atoms with Crippen LogP contribution in [0.1, 0.15) is 32.1 Å². The first kappa shape index (κ1) is 12.5. The summed E-state index contributed by atoms with van der Waals surface area (Å²) >= 11 is 0. The van der Waals surface area contributed by atoms with Crippen LogP contribution < -0.4 is 5.32 Å². The first-order chi connectivity index (χ1) is 8.66. The van der Waals surface area contributed by atoms with Gasteiger partial charge in [0.25, 0.3) is 5.69 Å². The van der Waals surface area contributed by atoms with Crippen molar-refractivity contribution < 1.29 is 9.72 Å². The molecular formula is C13H16N2O3. The number of rotatable bonds is 3. The minimum Gasteiger partial charge on any atom is -0.326 e.